The molecule has 0 heterocycles. The van der Waals surface area contributed by atoms with Gasteiger partial charge in [0.25, 0.3) is 0 Å². The van der Waals surface area contributed by atoms with E-state index in [2.05, 4.69) is 4.74 Å². The minimum Gasteiger partial charge on any atom is -0.459 e. The lowest BCUT2D eigenvalue weighted by molar-refractivity contribution is -0.289. The molecule has 0 aliphatic rings. The van der Waals surface area contributed by atoms with Gasteiger partial charge in [-0.25, -0.2) is 4.79 Å². The topological polar surface area (TPSA) is 46.5 Å². The number of aliphatic hydroxyl groups is 1. The highest BCUT2D eigenvalue weighted by atomic mass is 19.4. The van der Waals surface area contributed by atoms with Crippen molar-refractivity contribution in [1.82, 2.24) is 0 Å². The second-order valence-electron chi connectivity index (χ2n) is 4.02. The lowest BCUT2D eigenvalue weighted by Crippen LogP contribution is -2.41. The van der Waals surface area contributed by atoms with Crippen molar-refractivity contribution in [2.75, 3.05) is 0 Å². The van der Waals surface area contributed by atoms with E-state index in [0.29, 0.717) is 5.56 Å². The second kappa shape index (κ2) is 6.17. The number of ether oxygens (including phenoxy) is 1. The van der Waals surface area contributed by atoms with Crippen LogP contribution in [-0.4, -0.2) is 29.3 Å². The van der Waals surface area contributed by atoms with Crippen LogP contribution < -0.4 is 0 Å². The molecule has 112 valence electrons. The van der Waals surface area contributed by atoms with Gasteiger partial charge in [0.05, 0.1) is 6.42 Å². The average Bonchev–Trinajstić information content (AvgIpc) is 2.35. The van der Waals surface area contributed by atoms with Crippen LogP contribution in [0.5, 0.6) is 0 Å². The number of alkyl halides is 5. The molecule has 1 rings (SSSR count). The largest absolute Gasteiger partial charge is 0.459 e. The van der Waals surface area contributed by atoms with Crippen LogP contribution in [0.25, 0.3) is 0 Å². The number of aliphatic hydroxyl groups excluding tert-OH is 1. The molecular formula is C12H11F5O3. The van der Waals surface area contributed by atoms with Crippen LogP contribution in [0.1, 0.15) is 12.0 Å². The van der Waals surface area contributed by atoms with Gasteiger partial charge in [-0.1, -0.05) is 30.3 Å². The summed E-state index contributed by atoms with van der Waals surface area (Å²) in [6.45, 7) is -0.325. The Morgan fingerprint density at radius 2 is 1.70 bits per heavy atom. The molecule has 0 aliphatic heterocycles. The summed E-state index contributed by atoms with van der Waals surface area (Å²) in [7, 11) is 0. The smallest absolute Gasteiger partial charge is 0.453 e. The number of hydrogen-bond acceptors (Lipinski definition) is 3. The highest BCUT2D eigenvalue weighted by molar-refractivity contribution is 5.74. The Labute approximate surface area is 111 Å². The minimum absolute atomic E-state index is 0.325. The summed E-state index contributed by atoms with van der Waals surface area (Å²) in [6.07, 6.45) is -10.4. The Hall–Kier alpha value is -1.70. The number of halogens is 5. The van der Waals surface area contributed by atoms with Crippen molar-refractivity contribution in [3.8, 4) is 0 Å². The number of benzene rings is 1. The Morgan fingerprint density at radius 1 is 1.15 bits per heavy atom. The highest BCUT2D eigenvalue weighted by Crippen LogP contribution is 2.38. The number of carbonyl (C=O) groups excluding carboxylic acids is 1. The zero-order valence-corrected chi connectivity index (χ0v) is 10.0. The Kier molecular flexibility index (Phi) is 5.04. The summed E-state index contributed by atoms with van der Waals surface area (Å²) in [5.41, 5.74) is 0.510. The molecule has 0 aliphatic carbocycles. The van der Waals surface area contributed by atoms with Gasteiger partial charge < -0.3 is 9.84 Å². The van der Waals surface area contributed by atoms with Gasteiger partial charge in [0.1, 0.15) is 6.61 Å². The van der Waals surface area contributed by atoms with Crippen LogP contribution in [0, 0.1) is 0 Å². The number of rotatable bonds is 5. The third-order valence-electron chi connectivity index (χ3n) is 2.36. The molecule has 8 heteroatoms. The molecule has 1 aromatic rings. The van der Waals surface area contributed by atoms with Gasteiger partial charge in [0.2, 0.25) is 0 Å². The normalized spacial score (nSPS) is 13.9. The molecule has 3 nitrogen and oxygen atoms in total. The SMILES string of the molecule is O=C(OCc1ccccc1)C(O)CC(F)(F)C(F)(F)F. The molecule has 0 aromatic heterocycles. The zero-order valence-electron chi connectivity index (χ0n) is 10.0. The first-order valence-corrected chi connectivity index (χ1v) is 5.46. The summed E-state index contributed by atoms with van der Waals surface area (Å²) in [5, 5.41) is 9.04. The van der Waals surface area contributed by atoms with Crippen molar-refractivity contribution in [3.63, 3.8) is 0 Å². The van der Waals surface area contributed by atoms with E-state index in [9.17, 15) is 26.7 Å². The van der Waals surface area contributed by atoms with Gasteiger partial charge in [0.15, 0.2) is 6.10 Å². The van der Waals surface area contributed by atoms with Crippen molar-refractivity contribution < 1.29 is 36.6 Å². The van der Waals surface area contributed by atoms with Crippen molar-refractivity contribution in [3.05, 3.63) is 35.9 Å². The Morgan fingerprint density at radius 3 is 2.20 bits per heavy atom. The molecule has 1 atom stereocenters. The Bertz CT molecular complexity index is 444. The van der Waals surface area contributed by atoms with Crippen molar-refractivity contribution in [2.45, 2.75) is 31.2 Å². The summed E-state index contributed by atoms with van der Waals surface area (Å²) in [5.74, 6) is -6.68. The molecule has 1 N–H and O–H groups in total. The van der Waals surface area contributed by atoms with Gasteiger partial charge in [-0.05, 0) is 5.56 Å². The van der Waals surface area contributed by atoms with Crippen LogP contribution in [-0.2, 0) is 16.1 Å². The summed E-state index contributed by atoms with van der Waals surface area (Å²) >= 11 is 0. The summed E-state index contributed by atoms with van der Waals surface area (Å²) in [6, 6.07) is 8.05. The molecule has 0 fully saturated rings. The molecule has 0 bridgehead atoms. The number of carbonyl (C=O) groups is 1. The monoisotopic (exact) mass is 298 g/mol. The van der Waals surface area contributed by atoms with Crippen LogP contribution >= 0.6 is 0 Å². The van der Waals surface area contributed by atoms with Crippen LogP contribution in [0.2, 0.25) is 0 Å². The first-order chi connectivity index (χ1) is 9.13. The maximum atomic E-state index is 12.6. The van der Waals surface area contributed by atoms with Gasteiger partial charge in [0, 0.05) is 0 Å². The second-order valence-corrected chi connectivity index (χ2v) is 4.02. The van der Waals surface area contributed by atoms with E-state index >= 15 is 0 Å². The van der Waals surface area contributed by atoms with Crippen molar-refractivity contribution >= 4 is 5.97 Å². The third kappa shape index (κ3) is 4.44. The highest BCUT2D eigenvalue weighted by Gasteiger charge is 2.58. The first kappa shape index (κ1) is 16.4. The van der Waals surface area contributed by atoms with E-state index in [1.807, 2.05) is 0 Å². The minimum atomic E-state index is -5.83. The van der Waals surface area contributed by atoms with E-state index in [-0.39, 0.29) is 6.61 Å². The zero-order chi connectivity index (χ0) is 15.4. The van der Waals surface area contributed by atoms with Gasteiger partial charge >= 0.3 is 18.1 Å². The maximum absolute atomic E-state index is 12.6. The fraction of sp³-hybridized carbons (Fsp3) is 0.417. The maximum Gasteiger partial charge on any atom is 0.453 e. The molecule has 1 aromatic carbocycles. The molecule has 20 heavy (non-hydrogen) atoms. The van der Waals surface area contributed by atoms with Crippen molar-refractivity contribution in [1.29, 1.82) is 0 Å². The molecule has 1 unspecified atom stereocenters. The van der Waals surface area contributed by atoms with Crippen LogP contribution in [0.15, 0.2) is 30.3 Å². The van der Waals surface area contributed by atoms with E-state index < -0.39 is 30.6 Å². The van der Waals surface area contributed by atoms with Crippen molar-refractivity contribution in [2.24, 2.45) is 0 Å². The molecule has 0 saturated heterocycles. The summed E-state index contributed by atoms with van der Waals surface area (Å²) in [4.78, 5) is 11.1. The van der Waals surface area contributed by atoms with Crippen LogP contribution in [0.3, 0.4) is 0 Å². The number of esters is 1. The number of hydrogen-bond donors (Lipinski definition) is 1. The van der Waals surface area contributed by atoms with E-state index in [0.717, 1.165) is 0 Å². The Balaban J connectivity index is 2.52. The summed E-state index contributed by atoms with van der Waals surface area (Å²) < 4.78 is 65.4. The molecule has 0 spiro atoms. The predicted molar refractivity (Wildman–Crippen MR) is 57.9 cm³/mol. The van der Waals surface area contributed by atoms with Gasteiger partial charge in [-0.2, -0.15) is 22.0 Å². The third-order valence-corrected chi connectivity index (χ3v) is 2.36. The molecular weight excluding hydrogens is 287 g/mol. The molecule has 0 saturated carbocycles. The fourth-order valence-corrected chi connectivity index (χ4v) is 1.27. The van der Waals surface area contributed by atoms with Gasteiger partial charge in [-0.3, -0.25) is 0 Å². The fourth-order valence-electron chi connectivity index (χ4n) is 1.27. The lowest BCUT2D eigenvalue weighted by atomic mass is 10.1. The first-order valence-electron chi connectivity index (χ1n) is 5.46. The molecule has 0 amide bonds. The lowest BCUT2D eigenvalue weighted by Gasteiger charge is -2.21. The van der Waals surface area contributed by atoms with Crippen LogP contribution in [0.4, 0.5) is 22.0 Å². The average molecular weight is 298 g/mol. The van der Waals surface area contributed by atoms with Gasteiger partial charge in [-0.15, -0.1) is 0 Å². The van der Waals surface area contributed by atoms with E-state index in [1.54, 1.807) is 30.3 Å². The predicted octanol–water partition coefficient (Wildman–Crippen LogP) is 2.68. The van der Waals surface area contributed by atoms with E-state index in [1.165, 1.54) is 0 Å². The standard InChI is InChI=1S/C12H11F5O3/c13-11(14,12(15,16)17)6-9(18)10(19)20-7-8-4-2-1-3-5-8/h1-5,9,18H,6-7H2. The quantitative estimate of drug-likeness (QED) is 0.671. The van der Waals surface area contributed by atoms with E-state index in [4.69, 9.17) is 5.11 Å². The molecule has 0 radical (unpaired) electrons.